The van der Waals surface area contributed by atoms with Crippen LogP contribution in [0.2, 0.25) is 0 Å². The number of pyridine rings is 1. The second-order valence-electron chi connectivity index (χ2n) is 14.6. The standard InChI is InChI=1S/C41H47N9O6/c1-23(2)35(48-41(54)56-5)39(52)50-19-7-9-34(50)37-43-22-32(47-37)28-15-17-30-27(20-28)14-16-29(45-30)25-10-12-26(13-11-25)31-21-42-36(46-31)33-8-6-18-49(33)38(51)24(3)44-40(53)55-4/h10-17,20-24,33-35H,6-9,18-19H2,1-5H3,(H,42,46)(H,43,47)(H,44,53)(H,48,54)/t24-,33-,34-,35-/m0/s1. The topological polar surface area (TPSA) is 188 Å². The molecule has 56 heavy (non-hydrogen) atoms. The third-order valence-corrected chi connectivity index (χ3v) is 10.7. The number of benzene rings is 2. The van der Waals surface area contributed by atoms with Crippen molar-refractivity contribution in [2.75, 3.05) is 27.3 Å². The Morgan fingerprint density at radius 3 is 2.09 bits per heavy atom. The summed E-state index contributed by atoms with van der Waals surface area (Å²) in [7, 11) is 2.56. The van der Waals surface area contributed by atoms with Crippen molar-refractivity contribution < 1.29 is 28.7 Å². The number of nitrogens with one attached hydrogen (secondary N) is 4. The van der Waals surface area contributed by atoms with E-state index < -0.39 is 24.3 Å². The SMILES string of the molecule is COC(=O)N[C@@H](C)C(=O)N1CCC[C@H]1c1ncc(-c2ccc(-c3ccc4cc(-c5c[nH]c([C@@H]6CCCN6C(=O)[C@@H](NC(=O)OC)C(C)C)n5)ccc4n3)cc2)[nH]1. The van der Waals surface area contributed by atoms with E-state index in [1.165, 1.54) is 14.2 Å². The number of likely N-dealkylation sites (tertiary alicyclic amines) is 2. The third kappa shape index (κ3) is 7.79. The van der Waals surface area contributed by atoms with Crippen molar-refractivity contribution in [1.82, 2.24) is 45.4 Å². The zero-order valence-electron chi connectivity index (χ0n) is 32.2. The van der Waals surface area contributed by atoms with Crippen molar-refractivity contribution in [3.05, 3.63) is 78.6 Å². The highest BCUT2D eigenvalue weighted by Crippen LogP contribution is 2.35. The number of hydrogen-bond donors (Lipinski definition) is 4. The highest BCUT2D eigenvalue weighted by molar-refractivity contribution is 5.88. The van der Waals surface area contributed by atoms with Gasteiger partial charge in [0.25, 0.3) is 0 Å². The summed E-state index contributed by atoms with van der Waals surface area (Å²) in [5.74, 6) is 0.990. The summed E-state index contributed by atoms with van der Waals surface area (Å²) in [5.41, 5.74) is 6.15. The fourth-order valence-corrected chi connectivity index (χ4v) is 7.63. The minimum Gasteiger partial charge on any atom is -0.453 e. The molecular weight excluding hydrogens is 715 g/mol. The van der Waals surface area contributed by atoms with Gasteiger partial charge >= 0.3 is 12.2 Å². The van der Waals surface area contributed by atoms with Crippen molar-refractivity contribution in [2.24, 2.45) is 5.92 Å². The van der Waals surface area contributed by atoms with Gasteiger partial charge in [-0.2, -0.15) is 0 Å². The lowest BCUT2D eigenvalue weighted by molar-refractivity contribution is -0.135. The van der Waals surface area contributed by atoms with Crippen LogP contribution in [0.3, 0.4) is 0 Å². The van der Waals surface area contributed by atoms with Crippen LogP contribution in [0.15, 0.2) is 67.0 Å². The van der Waals surface area contributed by atoms with Crippen LogP contribution in [0.5, 0.6) is 0 Å². The number of aromatic nitrogens is 5. The lowest BCUT2D eigenvalue weighted by atomic mass is 10.0. The fraction of sp³-hybridized carbons (Fsp3) is 0.390. The minimum atomic E-state index is -0.711. The molecule has 2 fully saturated rings. The summed E-state index contributed by atoms with van der Waals surface area (Å²) >= 11 is 0. The van der Waals surface area contributed by atoms with Crippen LogP contribution < -0.4 is 10.6 Å². The maximum absolute atomic E-state index is 13.6. The molecule has 4 atom stereocenters. The van der Waals surface area contributed by atoms with Gasteiger partial charge in [0, 0.05) is 35.8 Å². The van der Waals surface area contributed by atoms with E-state index in [0.717, 1.165) is 70.4 Å². The zero-order chi connectivity index (χ0) is 39.5. The van der Waals surface area contributed by atoms with E-state index in [4.69, 9.17) is 14.7 Å². The van der Waals surface area contributed by atoms with E-state index in [9.17, 15) is 19.2 Å². The molecular formula is C41H47N9O6. The first-order valence-electron chi connectivity index (χ1n) is 19.0. The Morgan fingerprint density at radius 1 is 0.750 bits per heavy atom. The van der Waals surface area contributed by atoms with Crippen molar-refractivity contribution in [1.29, 1.82) is 0 Å². The molecule has 4 N–H and O–H groups in total. The summed E-state index contributed by atoms with van der Waals surface area (Å²) in [6.07, 6.45) is 5.62. The molecule has 0 unspecified atom stereocenters. The van der Waals surface area contributed by atoms with Crippen LogP contribution in [0, 0.1) is 5.92 Å². The van der Waals surface area contributed by atoms with Gasteiger partial charge in [-0.1, -0.05) is 50.2 Å². The first kappa shape index (κ1) is 38.0. The molecule has 0 saturated carbocycles. The molecule has 0 aliphatic carbocycles. The molecule has 2 aromatic carbocycles. The number of carbonyl (C=O) groups is 4. The Hall–Kier alpha value is -6.25. The van der Waals surface area contributed by atoms with Crippen LogP contribution in [-0.2, 0) is 19.1 Å². The normalized spacial score (nSPS) is 17.9. The number of methoxy groups -OCH3 is 2. The fourth-order valence-electron chi connectivity index (χ4n) is 7.63. The van der Waals surface area contributed by atoms with Gasteiger partial charge in [-0.05, 0) is 62.3 Å². The highest BCUT2D eigenvalue weighted by atomic mass is 16.5. The van der Waals surface area contributed by atoms with Gasteiger partial charge in [0.1, 0.15) is 23.7 Å². The number of carbonyl (C=O) groups excluding carboxylic acids is 4. The molecule has 5 aromatic rings. The number of amides is 4. The average Bonchev–Trinajstić information content (AvgIpc) is 4.06. The molecule has 292 valence electrons. The van der Waals surface area contributed by atoms with Crippen LogP contribution in [0.25, 0.3) is 44.7 Å². The van der Waals surface area contributed by atoms with E-state index in [1.54, 1.807) is 22.9 Å². The van der Waals surface area contributed by atoms with Crippen LogP contribution in [-0.4, -0.2) is 98.1 Å². The number of ether oxygens (including phenoxy) is 2. The first-order valence-corrected chi connectivity index (χ1v) is 19.0. The Balaban J connectivity index is 1.02. The van der Waals surface area contributed by atoms with Crippen molar-refractivity contribution in [2.45, 2.75) is 70.6 Å². The van der Waals surface area contributed by atoms with Crippen molar-refractivity contribution >= 4 is 34.9 Å². The molecule has 0 bridgehead atoms. The number of imidazole rings is 2. The maximum Gasteiger partial charge on any atom is 0.407 e. The Labute approximate surface area is 324 Å². The first-order chi connectivity index (χ1) is 27.0. The summed E-state index contributed by atoms with van der Waals surface area (Å²) in [4.78, 5) is 75.1. The molecule has 4 amide bonds. The predicted octanol–water partition coefficient (Wildman–Crippen LogP) is 6.13. The van der Waals surface area contributed by atoms with Crippen LogP contribution in [0.1, 0.15) is 70.2 Å². The molecule has 15 heteroatoms. The summed E-state index contributed by atoms with van der Waals surface area (Å²) in [6, 6.07) is 16.4. The monoisotopic (exact) mass is 761 g/mol. The Morgan fingerprint density at radius 2 is 1.39 bits per heavy atom. The lowest BCUT2D eigenvalue weighted by Crippen LogP contribution is -2.51. The summed E-state index contributed by atoms with van der Waals surface area (Å²) in [6.45, 7) is 6.62. The molecule has 5 heterocycles. The quantitative estimate of drug-likeness (QED) is 0.130. The second kappa shape index (κ2) is 16.2. The minimum absolute atomic E-state index is 0.110. The maximum atomic E-state index is 13.6. The Bertz CT molecular complexity index is 2230. The molecule has 15 nitrogen and oxygen atoms in total. The third-order valence-electron chi connectivity index (χ3n) is 10.7. The molecule has 3 aromatic heterocycles. The van der Waals surface area contributed by atoms with Crippen molar-refractivity contribution in [3.63, 3.8) is 0 Å². The Kier molecular flexibility index (Phi) is 11.0. The molecule has 7 rings (SSSR count). The zero-order valence-corrected chi connectivity index (χ0v) is 32.2. The van der Waals surface area contributed by atoms with Crippen LogP contribution in [0.4, 0.5) is 9.59 Å². The molecule has 0 spiro atoms. The molecule has 2 aliphatic rings. The average molecular weight is 762 g/mol. The van der Waals surface area contributed by atoms with Gasteiger partial charge in [0.05, 0.1) is 55.1 Å². The number of nitrogens with zero attached hydrogens (tertiary/aromatic N) is 5. The number of hydrogen-bond acceptors (Lipinski definition) is 9. The molecule has 0 radical (unpaired) electrons. The number of H-pyrrole nitrogens is 2. The second-order valence-corrected chi connectivity index (χ2v) is 14.6. The largest absolute Gasteiger partial charge is 0.453 e. The number of rotatable bonds is 10. The number of fused-ring (bicyclic) bond motifs is 1. The van der Waals surface area contributed by atoms with Crippen molar-refractivity contribution in [3.8, 4) is 33.8 Å². The number of alkyl carbamates (subject to hydrolysis) is 2. The number of aromatic amines is 2. The lowest BCUT2D eigenvalue weighted by Gasteiger charge is -2.29. The van der Waals surface area contributed by atoms with Gasteiger partial charge in [-0.15, -0.1) is 0 Å². The van der Waals surface area contributed by atoms with Gasteiger partial charge in [-0.25, -0.2) is 24.5 Å². The highest BCUT2D eigenvalue weighted by Gasteiger charge is 2.38. The van der Waals surface area contributed by atoms with Gasteiger partial charge in [0.15, 0.2) is 0 Å². The smallest absolute Gasteiger partial charge is 0.407 e. The van der Waals surface area contributed by atoms with E-state index in [2.05, 4.69) is 42.5 Å². The molecule has 2 aliphatic heterocycles. The van der Waals surface area contributed by atoms with E-state index >= 15 is 0 Å². The van der Waals surface area contributed by atoms with Gasteiger partial charge in [-0.3, -0.25) is 9.59 Å². The van der Waals surface area contributed by atoms with Gasteiger partial charge < -0.3 is 39.9 Å². The predicted molar refractivity (Wildman–Crippen MR) is 209 cm³/mol. The van der Waals surface area contributed by atoms with Gasteiger partial charge in [0.2, 0.25) is 11.8 Å². The van der Waals surface area contributed by atoms with Crippen LogP contribution >= 0.6 is 0 Å². The van der Waals surface area contributed by atoms with E-state index in [0.29, 0.717) is 24.7 Å². The molecule has 2 saturated heterocycles. The van der Waals surface area contributed by atoms with E-state index in [1.807, 2.05) is 62.5 Å². The van der Waals surface area contributed by atoms with E-state index in [-0.39, 0.29) is 29.8 Å². The summed E-state index contributed by atoms with van der Waals surface area (Å²) in [5, 5.41) is 6.22. The summed E-state index contributed by atoms with van der Waals surface area (Å²) < 4.78 is 9.40.